The van der Waals surface area contributed by atoms with Crippen molar-refractivity contribution in [3.8, 4) is 0 Å². The van der Waals surface area contributed by atoms with Crippen LogP contribution >= 0.6 is 11.3 Å². The molecule has 1 aromatic heterocycles. The number of fused-ring (bicyclic) bond motifs is 2. The van der Waals surface area contributed by atoms with Crippen LogP contribution in [0.3, 0.4) is 0 Å². The predicted molar refractivity (Wildman–Crippen MR) is 119 cm³/mol. The van der Waals surface area contributed by atoms with Crippen molar-refractivity contribution in [2.75, 3.05) is 0 Å². The molecular formula is C23H20N4OS. The molecule has 1 aliphatic heterocycles. The third-order valence-corrected chi connectivity index (χ3v) is 6.27. The number of hydrogen-bond acceptors (Lipinski definition) is 5. The Morgan fingerprint density at radius 3 is 2.41 bits per heavy atom. The second-order valence-electron chi connectivity index (χ2n) is 7.11. The molecule has 2 heterocycles. The molecule has 2 unspecified atom stereocenters. The molecule has 144 valence electrons. The van der Waals surface area contributed by atoms with Crippen molar-refractivity contribution in [3.63, 3.8) is 0 Å². The average molecular weight is 401 g/mol. The summed E-state index contributed by atoms with van der Waals surface area (Å²) in [6.07, 6.45) is 2.45. The zero-order chi connectivity index (χ0) is 19.6. The maximum absolute atomic E-state index is 12.6. The normalized spacial score (nSPS) is 19.3. The summed E-state index contributed by atoms with van der Waals surface area (Å²) in [6.45, 7) is 0. The van der Waals surface area contributed by atoms with Crippen LogP contribution in [0.25, 0.3) is 21.5 Å². The molecule has 1 saturated heterocycles. The molecule has 5 rings (SSSR count). The van der Waals surface area contributed by atoms with Gasteiger partial charge in [-0.05, 0) is 45.5 Å². The van der Waals surface area contributed by atoms with Crippen LogP contribution in [-0.2, 0) is 4.79 Å². The Labute approximate surface area is 172 Å². The van der Waals surface area contributed by atoms with Gasteiger partial charge in [0, 0.05) is 10.4 Å². The van der Waals surface area contributed by atoms with Crippen molar-refractivity contribution in [1.29, 1.82) is 0 Å². The minimum atomic E-state index is -0.316. The summed E-state index contributed by atoms with van der Waals surface area (Å²) >= 11 is 1.69. The van der Waals surface area contributed by atoms with Crippen LogP contribution in [0, 0.1) is 0 Å². The molecule has 0 bridgehead atoms. The Kier molecular flexibility index (Phi) is 4.81. The van der Waals surface area contributed by atoms with E-state index >= 15 is 0 Å². The van der Waals surface area contributed by atoms with E-state index < -0.39 is 0 Å². The Balaban J connectivity index is 1.36. The summed E-state index contributed by atoms with van der Waals surface area (Å²) in [4.78, 5) is 13.8. The van der Waals surface area contributed by atoms with Gasteiger partial charge in [-0.25, -0.2) is 16.3 Å². The average Bonchev–Trinajstić information content (AvgIpc) is 3.45. The fraction of sp³-hybridized carbons (Fsp3) is 0.130. The summed E-state index contributed by atoms with van der Waals surface area (Å²) in [5, 5.41) is 10.9. The van der Waals surface area contributed by atoms with Crippen molar-refractivity contribution in [3.05, 3.63) is 82.6 Å². The van der Waals surface area contributed by atoms with E-state index in [0.29, 0.717) is 6.42 Å². The summed E-state index contributed by atoms with van der Waals surface area (Å²) < 4.78 is 0. The first-order chi connectivity index (χ1) is 14.3. The van der Waals surface area contributed by atoms with Gasteiger partial charge in [0.15, 0.2) is 0 Å². The van der Waals surface area contributed by atoms with E-state index in [1.165, 1.54) is 4.88 Å². The number of nitrogens with zero attached hydrogens (tertiary/aromatic N) is 1. The van der Waals surface area contributed by atoms with Gasteiger partial charge >= 0.3 is 0 Å². The number of hydrazone groups is 1. The number of carbonyl (C=O) groups is 1. The number of benzene rings is 3. The van der Waals surface area contributed by atoms with Gasteiger partial charge in [0.25, 0.3) is 5.91 Å². The monoisotopic (exact) mass is 400 g/mol. The second-order valence-corrected chi connectivity index (χ2v) is 8.09. The molecule has 29 heavy (non-hydrogen) atoms. The van der Waals surface area contributed by atoms with Crippen LogP contribution in [0.1, 0.15) is 22.9 Å². The highest BCUT2D eigenvalue weighted by molar-refractivity contribution is 7.10. The van der Waals surface area contributed by atoms with Crippen molar-refractivity contribution in [2.24, 2.45) is 5.10 Å². The minimum Gasteiger partial charge on any atom is -0.271 e. The van der Waals surface area contributed by atoms with Crippen molar-refractivity contribution < 1.29 is 4.79 Å². The maximum Gasteiger partial charge on any atom is 0.258 e. The number of hydrazine groups is 1. The van der Waals surface area contributed by atoms with Crippen LogP contribution in [0.5, 0.6) is 0 Å². The van der Waals surface area contributed by atoms with Gasteiger partial charge in [-0.15, -0.1) is 11.3 Å². The second kappa shape index (κ2) is 7.75. The zero-order valence-corrected chi connectivity index (χ0v) is 16.4. The lowest BCUT2D eigenvalue weighted by Crippen LogP contribution is -2.41. The number of thiophene rings is 1. The minimum absolute atomic E-state index is 0.141. The number of nitrogens with one attached hydrogen (secondary N) is 3. The highest BCUT2D eigenvalue weighted by atomic mass is 32.1. The van der Waals surface area contributed by atoms with Gasteiger partial charge < -0.3 is 0 Å². The Hall–Kier alpha value is -3.06. The van der Waals surface area contributed by atoms with Crippen molar-refractivity contribution in [1.82, 2.24) is 16.3 Å². The molecule has 4 aromatic rings. The van der Waals surface area contributed by atoms with E-state index in [2.05, 4.69) is 57.8 Å². The molecule has 2 atom stereocenters. The standard InChI is InChI=1S/C23H20N4OS/c28-23(21-13-20(25-26-21)22-10-5-11-29-22)27-24-14-19-17-8-3-1-6-15(17)12-16-7-2-4-9-18(16)19/h1-12,14,20-21,25-26H,13H2,(H,27,28)/b24-14+. The Morgan fingerprint density at radius 2 is 1.72 bits per heavy atom. The summed E-state index contributed by atoms with van der Waals surface area (Å²) in [5.74, 6) is -0.141. The van der Waals surface area contributed by atoms with Crippen LogP contribution in [0.4, 0.5) is 0 Å². The Morgan fingerprint density at radius 1 is 1.00 bits per heavy atom. The van der Waals surface area contributed by atoms with Crippen molar-refractivity contribution in [2.45, 2.75) is 18.5 Å². The molecular weight excluding hydrogens is 380 g/mol. The van der Waals surface area contributed by atoms with Gasteiger partial charge in [-0.1, -0.05) is 54.6 Å². The van der Waals surface area contributed by atoms with Gasteiger partial charge in [-0.3, -0.25) is 4.79 Å². The molecule has 1 fully saturated rings. The van der Waals surface area contributed by atoms with Crippen LogP contribution < -0.4 is 16.3 Å². The number of carbonyl (C=O) groups excluding carboxylic acids is 1. The van der Waals surface area contributed by atoms with Gasteiger partial charge in [0.1, 0.15) is 6.04 Å². The number of amides is 1. The van der Waals surface area contributed by atoms with E-state index in [0.717, 1.165) is 27.1 Å². The lowest BCUT2D eigenvalue weighted by atomic mass is 9.97. The van der Waals surface area contributed by atoms with E-state index in [1.54, 1.807) is 17.6 Å². The van der Waals surface area contributed by atoms with E-state index in [4.69, 9.17) is 0 Å². The third kappa shape index (κ3) is 3.53. The molecule has 1 amide bonds. The lowest BCUT2D eigenvalue weighted by molar-refractivity contribution is -0.122. The summed E-state index contributed by atoms with van der Waals surface area (Å²) in [6, 6.07) is 22.6. The van der Waals surface area contributed by atoms with Gasteiger partial charge in [0.2, 0.25) is 0 Å². The number of rotatable bonds is 4. The molecule has 3 N–H and O–H groups in total. The van der Waals surface area contributed by atoms with E-state index in [9.17, 15) is 4.79 Å². The first-order valence-corrected chi connectivity index (χ1v) is 10.5. The fourth-order valence-corrected chi connectivity index (χ4v) is 4.62. The quantitative estimate of drug-likeness (QED) is 0.274. The molecule has 5 nitrogen and oxygen atoms in total. The Bertz CT molecular complexity index is 1150. The maximum atomic E-state index is 12.6. The fourth-order valence-electron chi connectivity index (χ4n) is 3.83. The molecule has 0 radical (unpaired) electrons. The molecule has 3 aromatic carbocycles. The molecule has 0 saturated carbocycles. The lowest BCUT2D eigenvalue weighted by Gasteiger charge is -2.09. The zero-order valence-electron chi connectivity index (χ0n) is 15.6. The van der Waals surface area contributed by atoms with E-state index in [1.807, 2.05) is 35.7 Å². The van der Waals surface area contributed by atoms with E-state index in [-0.39, 0.29) is 18.0 Å². The molecule has 1 aliphatic rings. The largest absolute Gasteiger partial charge is 0.271 e. The first kappa shape index (κ1) is 18.0. The van der Waals surface area contributed by atoms with Crippen LogP contribution in [0.2, 0.25) is 0 Å². The SMILES string of the molecule is O=C(N/N=C/c1c2ccccc2cc2ccccc12)C1CC(c2cccs2)NN1. The van der Waals surface area contributed by atoms with Gasteiger partial charge in [0.05, 0.1) is 12.3 Å². The number of hydrogen-bond donors (Lipinski definition) is 3. The van der Waals surface area contributed by atoms with Crippen LogP contribution in [0.15, 0.2) is 77.2 Å². The van der Waals surface area contributed by atoms with Crippen LogP contribution in [-0.4, -0.2) is 18.2 Å². The predicted octanol–water partition coefficient (Wildman–Crippen LogP) is 4.11. The molecule has 6 heteroatoms. The highest BCUT2D eigenvalue weighted by Gasteiger charge is 2.30. The van der Waals surface area contributed by atoms with Crippen molar-refractivity contribution >= 4 is 45.0 Å². The summed E-state index contributed by atoms with van der Waals surface area (Å²) in [7, 11) is 0. The molecule has 0 aliphatic carbocycles. The van der Waals surface area contributed by atoms with Gasteiger partial charge in [-0.2, -0.15) is 5.10 Å². The highest BCUT2D eigenvalue weighted by Crippen LogP contribution is 2.28. The first-order valence-electron chi connectivity index (χ1n) is 9.57. The smallest absolute Gasteiger partial charge is 0.258 e. The third-order valence-electron chi connectivity index (χ3n) is 5.29. The molecule has 0 spiro atoms. The summed E-state index contributed by atoms with van der Waals surface area (Å²) in [5.41, 5.74) is 9.97. The topological polar surface area (TPSA) is 65.5 Å².